The fourth-order valence-corrected chi connectivity index (χ4v) is 1.98. The van der Waals surface area contributed by atoms with Crippen molar-refractivity contribution in [3.8, 4) is 0 Å². The Morgan fingerprint density at radius 1 is 1.40 bits per heavy atom. The van der Waals surface area contributed by atoms with Gasteiger partial charge in [0.15, 0.2) is 0 Å². The topological polar surface area (TPSA) is 83.6 Å². The minimum absolute atomic E-state index is 0.0915. The van der Waals surface area contributed by atoms with Gasteiger partial charge in [0.25, 0.3) is 10.1 Å². The zero-order valence-electron chi connectivity index (χ0n) is 8.23. The van der Waals surface area contributed by atoms with Gasteiger partial charge in [0, 0.05) is 19.8 Å². The summed E-state index contributed by atoms with van der Waals surface area (Å²) in [5, 5.41) is 0.0915. The first kappa shape index (κ1) is 12.1. The van der Waals surface area contributed by atoms with Gasteiger partial charge in [-0.3, -0.25) is 4.55 Å². The molecule has 0 radical (unpaired) electrons. The Morgan fingerprint density at radius 2 is 1.93 bits per heavy atom. The van der Waals surface area contributed by atoms with Crippen LogP contribution in [-0.4, -0.2) is 27.1 Å². The number of hydrogen-bond acceptors (Lipinski definition) is 4. The van der Waals surface area contributed by atoms with Crippen LogP contribution in [0.1, 0.15) is 0 Å². The smallest absolute Gasteiger partial charge is 0.296 e. The van der Waals surface area contributed by atoms with Crippen molar-refractivity contribution in [3.63, 3.8) is 0 Å². The lowest BCUT2D eigenvalue weighted by Crippen LogP contribution is -2.11. The third-order valence-corrected chi connectivity index (χ3v) is 3.08. The molecule has 0 fully saturated rings. The molecule has 84 valence electrons. The maximum absolute atomic E-state index is 11.0. The van der Waals surface area contributed by atoms with E-state index in [0.29, 0.717) is 5.69 Å². The van der Waals surface area contributed by atoms with E-state index in [9.17, 15) is 8.42 Å². The minimum atomic E-state index is -4.35. The van der Waals surface area contributed by atoms with Crippen molar-refractivity contribution in [3.05, 3.63) is 17.2 Å². The molecule has 7 heteroatoms. The molecule has 1 aromatic rings. The second kappa shape index (κ2) is 3.88. The zero-order valence-corrected chi connectivity index (χ0v) is 9.80. The molecule has 0 amide bonds. The Morgan fingerprint density at radius 3 is 2.33 bits per heavy atom. The first-order chi connectivity index (χ1) is 6.73. The molecular formula is C8H11ClN2O3S. The largest absolute Gasteiger partial charge is 0.396 e. The van der Waals surface area contributed by atoms with Crippen molar-refractivity contribution in [1.29, 1.82) is 0 Å². The molecule has 5 nitrogen and oxygen atoms in total. The third-order valence-electron chi connectivity index (χ3n) is 1.87. The number of nitrogen functional groups attached to an aromatic ring is 1. The molecule has 0 aliphatic heterocycles. The lowest BCUT2D eigenvalue weighted by molar-refractivity contribution is 0.483. The quantitative estimate of drug-likeness (QED) is 0.609. The summed E-state index contributed by atoms with van der Waals surface area (Å²) in [6.45, 7) is 0. The molecule has 0 bridgehead atoms. The first-order valence-corrected chi connectivity index (χ1v) is 5.79. The van der Waals surface area contributed by atoms with Gasteiger partial charge in [0.2, 0.25) is 0 Å². The van der Waals surface area contributed by atoms with Gasteiger partial charge in [-0.15, -0.1) is 0 Å². The SMILES string of the molecule is CN(C)c1cc(Cl)c(N)c(S(=O)(=O)O)c1. The number of halogens is 1. The number of nitrogens with zero attached hydrogens (tertiary/aromatic N) is 1. The van der Waals surface area contributed by atoms with Gasteiger partial charge in [-0.2, -0.15) is 8.42 Å². The lowest BCUT2D eigenvalue weighted by Gasteiger charge is -2.15. The fourth-order valence-electron chi connectivity index (χ4n) is 1.05. The molecule has 15 heavy (non-hydrogen) atoms. The normalized spacial score (nSPS) is 11.5. The number of nitrogens with two attached hydrogens (primary N) is 1. The molecule has 0 saturated carbocycles. The monoisotopic (exact) mass is 250 g/mol. The minimum Gasteiger partial charge on any atom is -0.396 e. The van der Waals surface area contributed by atoms with Gasteiger partial charge in [-0.25, -0.2) is 0 Å². The summed E-state index contributed by atoms with van der Waals surface area (Å²) in [4.78, 5) is 1.28. The van der Waals surface area contributed by atoms with Crippen molar-refractivity contribution in [2.75, 3.05) is 24.7 Å². The molecule has 0 unspecified atom stereocenters. The summed E-state index contributed by atoms with van der Waals surface area (Å²) in [7, 11) is -0.912. The van der Waals surface area contributed by atoms with Crippen LogP contribution in [0.15, 0.2) is 17.0 Å². The van der Waals surface area contributed by atoms with E-state index in [-0.39, 0.29) is 15.6 Å². The van der Waals surface area contributed by atoms with E-state index in [2.05, 4.69) is 0 Å². The molecular weight excluding hydrogens is 240 g/mol. The highest BCUT2D eigenvalue weighted by Crippen LogP contribution is 2.31. The molecule has 0 aromatic heterocycles. The van der Waals surface area contributed by atoms with Gasteiger partial charge in [0.1, 0.15) is 4.90 Å². The summed E-state index contributed by atoms with van der Waals surface area (Å²) >= 11 is 5.74. The average Bonchev–Trinajstić information content (AvgIpc) is 2.06. The summed E-state index contributed by atoms with van der Waals surface area (Å²) in [6.07, 6.45) is 0. The standard InChI is InChI=1S/C8H11ClN2O3S/c1-11(2)5-3-6(9)8(10)7(4-5)15(12,13)14/h3-4H,10H2,1-2H3,(H,12,13,14). The maximum Gasteiger partial charge on any atom is 0.296 e. The lowest BCUT2D eigenvalue weighted by atomic mass is 10.2. The molecule has 0 spiro atoms. The van der Waals surface area contributed by atoms with Gasteiger partial charge in [-0.05, 0) is 12.1 Å². The zero-order chi connectivity index (χ0) is 11.8. The van der Waals surface area contributed by atoms with Gasteiger partial charge < -0.3 is 10.6 Å². The van der Waals surface area contributed by atoms with Crippen molar-refractivity contribution in [2.45, 2.75) is 4.90 Å². The third kappa shape index (κ3) is 2.53. The molecule has 0 saturated heterocycles. The molecule has 1 aromatic carbocycles. The molecule has 0 atom stereocenters. The van der Waals surface area contributed by atoms with Crippen molar-refractivity contribution in [1.82, 2.24) is 0 Å². The van der Waals surface area contributed by atoms with Gasteiger partial charge in [-0.1, -0.05) is 11.6 Å². The van der Waals surface area contributed by atoms with Crippen molar-refractivity contribution >= 4 is 33.1 Å². The second-order valence-corrected chi connectivity index (χ2v) is 5.01. The van der Waals surface area contributed by atoms with Crippen molar-refractivity contribution in [2.24, 2.45) is 0 Å². The Balaban J connectivity index is 3.52. The Hall–Kier alpha value is -0.980. The van der Waals surface area contributed by atoms with E-state index in [1.165, 1.54) is 12.1 Å². The summed E-state index contributed by atoms with van der Waals surface area (Å²) in [6, 6.07) is 2.78. The van der Waals surface area contributed by atoms with E-state index in [1.54, 1.807) is 19.0 Å². The fraction of sp³-hybridized carbons (Fsp3) is 0.250. The summed E-state index contributed by atoms with van der Waals surface area (Å²) in [5.74, 6) is 0. The summed E-state index contributed by atoms with van der Waals surface area (Å²) in [5.41, 5.74) is 5.84. The van der Waals surface area contributed by atoms with Gasteiger partial charge in [0.05, 0.1) is 10.7 Å². The highest BCUT2D eigenvalue weighted by atomic mass is 35.5. The molecule has 1 rings (SSSR count). The van der Waals surface area contributed by atoms with Crippen LogP contribution in [0.5, 0.6) is 0 Å². The molecule has 0 heterocycles. The molecule has 3 N–H and O–H groups in total. The van der Waals surface area contributed by atoms with Crippen LogP contribution in [0.25, 0.3) is 0 Å². The number of anilines is 2. The van der Waals surface area contributed by atoms with Crippen LogP contribution in [0.4, 0.5) is 11.4 Å². The van der Waals surface area contributed by atoms with Gasteiger partial charge >= 0.3 is 0 Å². The second-order valence-electron chi connectivity index (χ2n) is 3.21. The van der Waals surface area contributed by atoms with E-state index in [1.807, 2.05) is 0 Å². The number of benzene rings is 1. The van der Waals surface area contributed by atoms with Crippen LogP contribution >= 0.6 is 11.6 Å². The maximum atomic E-state index is 11.0. The van der Waals surface area contributed by atoms with Crippen LogP contribution in [0.3, 0.4) is 0 Å². The predicted octanol–water partition coefficient (Wildman–Crippen LogP) is 1.23. The van der Waals surface area contributed by atoms with Crippen LogP contribution in [0.2, 0.25) is 5.02 Å². The number of rotatable bonds is 2. The van der Waals surface area contributed by atoms with E-state index in [0.717, 1.165) is 0 Å². The van der Waals surface area contributed by atoms with Crippen LogP contribution < -0.4 is 10.6 Å². The molecule has 0 aliphatic carbocycles. The first-order valence-electron chi connectivity index (χ1n) is 3.97. The Labute approximate surface area is 93.2 Å². The van der Waals surface area contributed by atoms with Crippen LogP contribution in [-0.2, 0) is 10.1 Å². The summed E-state index contributed by atoms with van der Waals surface area (Å²) < 4.78 is 30.9. The Bertz CT molecular complexity index is 485. The Kier molecular flexibility index (Phi) is 3.13. The predicted molar refractivity (Wildman–Crippen MR) is 60.0 cm³/mol. The highest BCUT2D eigenvalue weighted by molar-refractivity contribution is 7.86. The molecule has 0 aliphatic rings. The average molecular weight is 251 g/mol. The van der Waals surface area contributed by atoms with E-state index < -0.39 is 10.1 Å². The number of hydrogen-bond donors (Lipinski definition) is 2. The van der Waals surface area contributed by atoms with E-state index >= 15 is 0 Å². The highest BCUT2D eigenvalue weighted by Gasteiger charge is 2.18. The van der Waals surface area contributed by atoms with Crippen LogP contribution in [0, 0.1) is 0 Å². The van der Waals surface area contributed by atoms with E-state index in [4.69, 9.17) is 21.9 Å². The van der Waals surface area contributed by atoms with Crippen molar-refractivity contribution < 1.29 is 13.0 Å².